The zero-order valence-corrected chi connectivity index (χ0v) is 30.2. The molecule has 0 aliphatic carbocycles. The van der Waals surface area contributed by atoms with Crippen LogP contribution in [0.15, 0.2) is 42.2 Å². The second-order valence-corrected chi connectivity index (χ2v) is 14.9. The molecule has 2 atom stereocenters. The van der Waals surface area contributed by atoms with Crippen molar-refractivity contribution in [2.45, 2.75) is 42.3 Å². The molecule has 2 rings (SSSR count). The third-order valence-corrected chi connectivity index (χ3v) is 10.2. The van der Waals surface area contributed by atoms with Gasteiger partial charge in [-0.05, 0) is 106 Å². The third-order valence-electron chi connectivity index (χ3n) is 5.07. The van der Waals surface area contributed by atoms with E-state index in [1.165, 1.54) is 0 Å². The van der Waals surface area contributed by atoms with E-state index in [-0.39, 0.29) is 15.1 Å². The molecule has 3 nitrogen and oxygen atoms in total. The zero-order valence-electron chi connectivity index (χ0n) is 19.1. The lowest BCUT2D eigenvalue weighted by Crippen LogP contribution is -2.20. The molecule has 0 N–H and O–H groups in total. The average molecular weight is 923 g/mol. The summed E-state index contributed by atoms with van der Waals surface area (Å²) >= 11 is 25.5. The molecule has 0 amide bonds. The summed E-state index contributed by atoms with van der Waals surface area (Å²) in [4.78, 5) is 0.361. The Morgan fingerprint density at radius 3 is 1.53 bits per heavy atom. The van der Waals surface area contributed by atoms with Crippen LogP contribution in [0.3, 0.4) is 0 Å². The van der Waals surface area contributed by atoms with Gasteiger partial charge in [-0.2, -0.15) is 0 Å². The fourth-order valence-electron chi connectivity index (χ4n) is 3.08. The Morgan fingerprint density at radius 1 is 0.735 bits per heavy atom. The highest BCUT2D eigenvalue weighted by Gasteiger charge is 2.27. The second kappa shape index (κ2) is 15.1. The molecule has 2 aromatic rings. The van der Waals surface area contributed by atoms with E-state index in [1.807, 2.05) is 0 Å². The number of hydrogen-bond donors (Lipinski definition) is 0. The van der Waals surface area contributed by atoms with E-state index in [4.69, 9.17) is 14.2 Å². The highest BCUT2D eigenvalue weighted by atomic mass is 79.9. The normalized spacial score (nSPS) is 13.6. The molecule has 0 saturated heterocycles. The van der Waals surface area contributed by atoms with Gasteiger partial charge in [0, 0.05) is 17.4 Å². The van der Waals surface area contributed by atoms with Gasteiger partial charge in [-0.1, -0.05) is 68.6 Å². The van der Waals surface area contributed by atoms with Crippen molar-refractivity contribution < 1.29 is 14.2 Å². The minimum absolute atomic E-state index is 0.124. The molecule has 2 unspecified atom stereocenters. The van der Waals surface area contributed by atoms with Crippen LogP contribution in [0.2, 0.25) is 0 Å². The Morgan fingerprint density at radius 2 is 1.15 bits per heavy atom. The second-order valence-electron chi connectivity index (χ2n) is 8.21. The number of rotatable bonds is 13. The van der Waals surface area contributed by atoms with E-state index in [9.17, 15) is 0 Å². The smallest absolute Gasteiger partial charge is 0.147 e. The summed E-state index contributed by atoms with van der Waals surface area (Å²) in [5.74, 6) is 1.57. The predicted molar refractivity (Wildman–Crippen MR) is 167 cm³/mol. The Bertz CT molecular complexity index is 906. The molecule has 0 aromatic heterocycles. The van der Waals surface area contributed by atoms with E-state index in [1.54, 1.807) is 0 Å². The fourth-order valence-corrected chi connectivity index (χ4v) is 6.55. The number of halogens is 7. The minimum Gasteiger partial charge on any atom is -0.490 e. The van der Waals surface area contributed by atoms with Crippen molar-refractivity contribution in [1.29, 1.82) is 0 Å². The Labute approximate surface area is 261 Å². The summed E-state index contributed by atoms with van der Waals surface area (Å²) in [6.07, 6.45) is 1.01. The summed E-state index contributed by atoms with van der Waals surface area (Å²) in [5, 5.41) is 0.819. The largest absolute Gasteiger partial charge is 0.490 e. The highest BCUT2D eigenvalue weighted by molar-refractivity contribution is 9.12. The van der Waals surface area contributed by atoms with Crippen LogP contribution < -0.4 is 9.47 Å². The molecule has 0 bridgehead atoms. The molecule has 190 valence electrons. The van der Waals surface area contributed by atoms with Gasteiger partial charge in [0.2, 0.25) is 0 Å². The summed E-state index contributed by atoms with van der Waals surface area (Å²) in [6.45, 7) is 8.95. The highest BCUT2D eigenvalue weighted by Crippen LogP contribution is 2.44. The third kappa shape index (κ3) is 8.98. The monoisotopic (exact) mass is 916 g/mol. The maximum atomic E-state index is 6.08. The predicted octanol–water partition coefficient (Wildman–Crippen LogP) is 10.2. The first-order valence-electron chi connectivity index (χ1n) is 10.7. The SMILES string of the molecule is CCCOCC(Br)COc1c(Br)cc(C(C)(C)c2cc(Br)c(OCC(Br)CBr)c(Br)c2)cc1Br. The molecule has 0 heterocycles. The van der Waals surface area contributed by atoms with Gasteiger partial charge in [0.05, 0.1) is 34.2 Å². The molecular formula is C24H27Br7O3. The Kier molecular flexibility index (Phi) is 14.0. The molecule has 2 aromatic carbocycles. The van der Waals surface area contributed by atoms with Crippen molar-refractivity contribution in [2.24, 2.45) is 0 Å². The zero-order chi connectivity index (χ0) is 25.5. The van der Waals surface area contributed by atoms with Crippen molar-refractivity contribution in [2.75, 3.05) is 31.8 Å². The summed E-state index contributed by atoms with van der Waals surface area (Å²) in [7, 11) is 0. The maximum absolute atomic E-state index is 6.08. The lowest BCUT2D eigenvalue weighted by Gasteiger charge is -2.28. The molecule has 0 spiro atoms. The maximum Gasteiger partial charge on any atom is 0.147 e. The number of hydrogen-bond acceptors (Lipinski definition) is 3. The Hall–Kier alpha value is 1.36. The first kappa shape index (κ1) is 31.6. The molecular weight excluding hydrogens is 896 g/mol. The van der Waals surface area contributed by atoms with Crippen LogP contribution in [0.5, 0.6) is 11.5 Å². The standard InChI is InChI=1S/C24H27Br7O3/c1-4-5-32-11-17(27)13-34-23-20(30)8-15(9-21(23)31)24(2,3)14-6-18(28)22(19(29)7-14)33-12-16(26)10-25/h6-9,16-17H,4-5,10-13H2,1-3H3. The van der Waals surface area contributed by atoms with Crippen molar-refractivity contribution in [3.05, 3.63) is 53.3 Å². The van der Waals surface area contributed by atoms with Gasteiger partial charge >= 0.3 is 0 Å². The molecule has 0 aliphatic rings. The average Bonchev–Trinajstić information content (AvgIpc) is 2.77. The molecule has 0 saturated carbocycles. The topological polar surface area (TPSA) is 27.7 Å². The molecule has 0 fully saturated rings. The fraction of sp³-hybridized carbons (Fsp3) is 0.500. The van der Waals surface area contributed by atoms with E-state index >= 15 is 0 Å². The molecule has 34 heavy (non-hydrogen) atoms. The van der Waals surface area contributed by atoms with Crippen LogP contribution in [-0.4, -0.2) is 41.4 Å². The van der Waals surface area contributed by atoms with Gasteiger partial charge in [0.1, 0.15) is 24.7 Å². The lowest BCUT2D eigenvalue weighted by molar-refractivity contribution is 0.125. The van der Waals surface area contributed by atoms with Gasteiger partial charge in [0.15, 0.2) is 0 Å². The van der Waals surface area contributed by atoms with Gasteiger partial charge in [-0.25, -0.2) is 0 Å². The number of ether oxygens (including phenoxy) is 3. The van der Waals surface area contributed by atoms with Crippen molar-refractivity contribution in [1.82, 2.24) is 0 Å². The number of benzene rings is 2. The van der Waals surface area contributed by atoms with Gasteiger partial charge in [-0.15, -0.1) is 0 Å². The summed E-state index contributed by atoms with van der Waals surface area (Å²) in [5.41, 5.74) is 2.02. The molecule has 0 radical (unpaired) electrons. The summed E-state index contributed by atoms with van der Waals surface area (Å²) in [6, 6.07) is 8.48. The van der Waals surface area contributed by atoms with Crippen LogP contribution >= 0.6 is 112 Å². The Balaban J connectivity index is 2.23. The van der Waals surface area contributed by atoms with Crippen LogP contribution in [0.4, 0.5) is 0 Å². The summed E-state index contributed by atoms with van der Waals surface area (Å²) < 4.78 is 21.3. The van der Waals surface area contributed by atoms with E-state index in [0.717, 1.165) is 58.9 Å². The van der Waals surface area contributed by atoms with E-state index in [2.05, 4.69) is 157 Å². The van der Waals surface area contributed by atoms with Crippen molar-refractivity contribution >= 4 is 112 Å². The van der Waals surface area contributed by atoms with E-state index < -0.39 is 0 Å². The molecule has 10 heteroatoms. The minimum atomic E-state index is -0.271. The van der Waals surface area contributed by atoms with Crippen LogP contribution in [0, 0.1) is 0 Å². The van der Waals surface area contributed by atoms with Gasteiger partial charge in [0.25, 0.3) is 0 Å². The molecule has 0 aliphatic heterocycles. The lowest BCUT2D eigenvalue weighted by atomic mass is 9.78. The van der Waals surface area contributed by atoms with Crippen LogP contribution in [0.25, 0.3) is 0 Å². The first-order chi connectivity index (χ1) is 16.0. The number of alkyl halides is 3. The van der Waals surface area contributed by atoms with Crippen molar-refractivity contribution in [3.63, 3.8) is 0 Å². The first-order valence-corrected chi connectivity index (χ1v) is 16.8. The quantitative estimate of drug-likeness (QED) is 0.148. The van der Waals surface area contributed by atoms with Gasteiger partial charge in [-0.3, -0.25) is 0 Å². The van der Waals surface area contributed by atoms with Crippen molar-refractivity contribution in [3.8, 4) is 11.5 Å². The van der Waals surface area contributed by atoms with Gasteiger partial charge < -0.3 is 14.2 Å². The van der Waals surface area contributed by atoms with E-state index in [0.29, 0.717) is 19.8 Å². The van der Waals surface area contributed by atoms with Crippen LogP contribution in [0.1, 0.15) is 38.3 Å². The van der Waals surface area contributed by atoms with Crippen LogP contribution in [-0.2, 0) is 10.2 Å².